The van der Waals surface area contributed by atoms with Crippen LogP contribution in [0.1, 0.15) is 6.42 Å². The molecule has 1 aliphatic rings. The molecule has 1 saturated heterocycles. The first-order chi connectivity index (χ1) is 11.0. The standard InChI is InChI=1S/C13H18N6O3S/c1-22-12-4-10-11(5-15-12)16-8-17-13(10)19-6-9(7-19)2-3-18-23(14,20)21/h4-5,8-9,18H,2-3,6-7H2,1H3,(H2,14,20,21). The molecule has 1 fully saturated rings. The van der Waals surface area contributed by atoms with Gasteiger partial charge >= 0.3 is 0 Å². The van der Waals surface area contributed by atoms with Gasteiger partial charge in [-0.15, -0.1) is 0 Å². The third-order valence-corrected chi connectivity index (χ3v) is 4.40. The Morgan fingerprint density at radius 3 is 2.87 bits per heavy atom. The SMILES string of the molecule is COc1cc2c(N3CC(CCNS(N)(=O)=O)C3)ncnc2cn1. The van der Waals surface area contributed by atoms with Crippen LogP contribution < -0.4 is 19.5 Å². The van der Waals surface area contributed by atoms with Crippen molar-refractivity contribution in [2.24, 2.45) is 11.1 Å². The van der Waals surface area contributed by atoms with Crippen molar-refractivity contribution in [2.45, 2.75) is 6.42 Å². The Morgan fingerprint density at radius 2 is 2.17 bits per heavy atom. The van der Waals surface area contributed by atoms with Crippen molar-refractivity contribution in [3.63, 3.8) is 0 Å². The van der Waals surface area contributed by atoms with E-state index in [9.17, 15) is 8.42 Å². The van der Waals surface area contributed by atoms with Gasteiger partial charge in [0.1, 0.15) is 12.1 Å². The topological polar surface area (TPSA) is 123 Å². The lowest BCUT2D eigenvalue weighted by Gasteiger charge is -2.40. The average Bonchev–Trinajstić information content (AvgIpc) is 2.47. The van der Waals surface area contributed by atoms with Crippen molar-refractivity contribution in [1.82, 2.24) is 19.7 Å². The van der Waals surface area contributed by atoms with Crippen molar-refractivity contribution in [1.29, 1.82) is 0 Å². The first-order valence-electron chi connectivity index (χ1n) is 7.13. The lowest BCUT2D eigenvalue weighted by Crippen LogP contribution is -2.48. The number of fused-ring (bicyclic) bond motifs is 1. The van der Waals surface area contributed by atoms with Crippen LogP contribution in [0.4, 0.5) is 5.82 Å². The van der Waals surface area contributed by atoms with Gasteiger partial charge in [-0.05, 0) is 12.3 Å². The summed E-state index contributed by atoms with van der Waals surface area (Å²) in [5.74, 6) is 1.76. The molecular weight excluding hydrogens is 320 g/mol. The van der Waals surface area contributed by atoms with E-state index < -0.39 is 10.2 Å². The molecule has 10 heteroatoms. The van der Waals surface area contributed by atoms with E-state index >= 15 is 0 Å². The quantitative estimate of drug-likeness (QED) is 0.738. The van der Waals surface area contributed by atoms with Crippen molar-refractivity contribution in [3.05, 3.63) is 18.6 Å². The Bertz CT molecular complexity index is 806. The highest BCUT2D eigenvalue weighted by atomic mass is 32.2. The van der Waals surface area contributed by atoms with Gasteiger partial charge in [0.05, 0.1) is 18.8 Å². The van der Waals surface area contributed by atoms with Crippen LogP contribution in [0.2, 0.25) is 0 Å². The number of hydrogen-bond donors (Lipinski definition) is 2. The van der Waals surface area contributed by atoms with E-state index in [1.807, 2.05) is 6.07 Å². The van der Waals surface area contributed by atoms with Gasteiger partial charge in [0.25, 0.3) is 10.2 Å². The van der Waals surface area contributed by atoms with Gasteiger partial charge in [0.2, 0.25) is 5.88 Å². The summed E-state index contributed by atoms with van der Waals surface area (Å²) in [5.41, 5.74) is 0.759. The molecule has 2 aromatic rings. The van der Waals surface area contributed by atoms with E-state index in [1.165, 1.54) is 6.33 Å². The van der Waals surface area contributed by atoms with E-state index in [1.54, 1.807) is 13.3 Å². The molecule has 3 N–H and O–H groups in total. The lowest BCUT2D eigenvalue weighted by atomic mass is 9.96. The lowest BCUT2D eigenvalue weighted by molar-refractivity contribution is 0.382. The number of nitrogens with two attached hydrogens (primary N) is 1. The minimum absolute atomic E-state index is 0.347. The van der Waals surface area contributed by atoms with Gasteiger partial charge in [0, 0.05) is 31.1 Å². The van der Waals surface area contributed by atoms with Crippen LogP contribution in [0.3, 0.4) is 0 Å². The number of nitrogens with zero attached hydrogens (tertiary/aromatic N) is 4. The maximum absolute atomic E-state index is 10.8. The number of pyridine rings is 1. The summed E-state index contributed by atoms with van der Waals surface area (Å²) >= 11 is 0. The maximum atomic E-state index is 10.8. The van der Waals surface area contributed by atoms with Crippen molar-refractivity contribution in [2.75, 3.05) is 31.6 Å². The van der Waals surface area contributed by atoms with Crippen LogP contribution in [0.25, 0.3) is 10.9 Å². The molecule has 23 heavy (non-hydrogen) atoms. The predicted octanol–water partition coefficient (Wildman–Crippen LogP) is -0.347. The third kappa shape index (κ3) is 3.66. The van der Waals surface area contributed by atoms with Gasteiger partial charge in [0.15, 0.2) is 0 Å². The second-order valence-corrected chi connectivity index (χ2v) is 6.82. The fourth-order valence-corrected chi connectivity index (χ4v) is 3.02. The maximum Gasteiger partial charge on any atom is 0.274 e. The highest BCUT2D eigenvalue weighted by molar-refractivity contribution is 7.87. The molecule has 0 spiro atoms. The average molecular weight is 338 g/mol. The normalized spacial score (nSPS) is 15.7. The molecule has 0 atom stereocenters. The molecule has 0 bridgehead atoms. The van der Waals surface area contributed by atoms with Crippen LogP contribution >= 0.6 is 0 Å². The molecule has 0 aliphatic carbocycles. The molecule has 3 heterocycles. The molecule has 0 radical (unpaired) electrons. The van der Waals surface area contributed by atoms with Gasteiger partial charge in [-0.2, -0.15) is 8.42 Å². The molecular formula is C13H18N6O3S. The van der Waals surface area contributed by atoms with Crippen molar-refractivity contribution >= 4 is 26.9 Å². The second kappa shape index (κ2) is 6.22. The summed E-state index contributed by atoms with van der Waals surface area (Å²) in [7, 11) is -2.05. The number of aromatic nitrogens is 3. The van der Waals surface area contributed by atoms with Crippen LogP contribution in [0.5, 0.6) is 5.88 Å². The highest BCUT2D eigenvalue weighted by Crippen LogP contribution is 2.31. The van der Waals surface area contributed by atoms with Gasteiger partial charge in [-0.1, -0.05) is 0 Å². The van der Waals surface area contributed by atoms with Crippen LogP contribution in [-0.2, 0) is 10.2 Å². The van der Waals surface area contributed by atoms with E-state index in [0.29, 0.717) is 18.3 Å². The van der Waals surface area contributed by atoms with E-state index in [2.05, 4.69) is 24.6 Å². The van der Waals surface area contributed by atoms with Crippen molar-refractivity contribution < 1.29 is 13.2 Å². The predicted molar refractivity (Wildman–Crippen MR) is 85.3 cm³/mol. The molecule has 9 nitrogen and oxygen atoms in total. The summed E-state index contributed by atoms with van der Waals surface area (Å²) in [4.78, 5) is 14.8. The molecule has 124 valence electrons. The summed E-state index contributed by atoms with van der Waals surface area (Å²) in [5, 5.41) is 5.79. The number of hydrogen-bond acceptors (Lipinski definition) is 7. The molecule has 0 aromatic carbocycles. The monoisotopic (exact) mass is 338 g/mol. The Kier molecular flexibility index (Phi) is 4.28. The van der Waals surface area contributed by atoms with Crippen LogP contribution in [-0.4, -0.2) is 50.1 Å². The molecule has 0 saturated carbocycles. The van der Waals surface area contributed by atoms with Crippen LogP contribution in [0, 0.1) is 5.92 Å². The van der Waals surface area contributed by atoms with Gasteiger partial charge < -0.3 is 9.64 Å². The van der Waals surface area contributed by atoms with Gasteiger partial charge in [-0.3, -0.25) is 0 Å². The molecule has 0 amide bonds. The summed E-state index contributed by atoms with van der Waals surface area (Å²) in [6, 6.07) is 1.82. The molecule has 1 aliphatic heterocycles. The zero-order valence-corrected chi connectivity index (χ0v) is 13.5. The highest BCUT2D eigenvalue weighted by Gasteiger charge is 2.29. The van der Waals surface area contributed by atoms with E-state index in [4.69, 9.17) is 9.88 Å². The fourth-order valence-electron chi connectivity index (χ4n) is 2.62. The smallest absolute Gasteiger partial charge is 0.274 e. The Hall–Kier alpha value is -2.04. The van der Waals surface area contributed by atoms with Crippen LogP contribution in [0.15, 0.2) is 18.6 Å². The first-order valence-corrected chi connectivity index (χ1v) is 8.68. The summed E-state index contributed by atoms with van der Waals surface area (Å²) in [6.45, 7) is 1.96. The number of anilines is 1. The largest absolute Gasteiger partial charge is 0.481 e. The minimum atomic E-state index is -3.61. The third-order valence-electron chi connectivity index (χ3n) is 3.80. The van der Waals surface area contributed by atoms with E-state index in [0.717, 1.165) is 36.2 Å². The first kappa shape index (κ1) is 15.8. The number of ether oxygens (including phenoxy) is 1. The Labute approximate surface area is 134 Å². The second-order valence-electron chi connectivity index (χ2n) is 5.44. The summed E-state index contributed by atoms with van der Waals surface area (Å²) < 4.78 is 29.1. The molecule has 3 rings (SSSR count). The Balaban J connectivity index is 1.66. The van der Waals surface area contributed by atoms with Gasteiger partial charge in [-0.25, -0.2) is 24.8 Å². The summed E-state index contributed by atoms with van der Waals surface area (Å²) in [6.07, 6.45) is 3.91. The number of rotatable bonds is 6. The molecule has 0 unspecified atom stereocenters. The fraction of sp³-hybridized carbons (Fsp3) is 0.462. The number of nitrogens with one attached hydrogen (secondary N) is 1. The zero-order valence-electron chi connectivity index (χ0n) is 12.6. The zero-order chi connectivity index (χ0) is 16.4. The molecule has 2 aromatic heterocycles. The van der Waals surface area contributed by atoms with E-state index in [-0.39, 0.29) is 0 Å². The Morgan fingerprint density at radius 1 is 1.39 bits per heavy atom. The number of methoxy groups -OCH3 is 1. The van der Waals surface area contributed by atoms with Crippen molar-refractivity contribution in [3.8, 4) is 5.88 Å². The minimum Gasteiger partial charge on any atom is -0.481 e.